The average Bonchev–Trinajstić information content (AvgIpc) is 2.12. The summed E-state index contributed by atoms with van der Waals surface area (Å²) >= 11 is 0. The van der Waals surface area contributed by atoms with Crippen molar-refractivity contribution in [1.82, 2.24) is 4.90 Å². The second-order valence-corrected chi connectivity index (χ2v) is 3.26. The van der Waals surface area contributed by atoms with Gasteiger partial charge in [-0.1, -0.05) is 6.92 Å². The highest BCUT2D eigenvalue weighted by atomic mass is 16.5. The third kappa shape index (κ3) is 6.46. The summed E-state index contributed by atoms with van der Waals surface area (Å²) < 4.78 is 4.76. The quantitative estimate of drug-likeness (QED) is 0.479. The Labute approximate surface area is 85.2 Å². The number of esters is 1. The highest BCUT2D eigenvalue weighted by molar-refractivity contribution is 5.75. The maximum absolute atomic E-state index is 11.3. The lowest BCUT2D eigenvalue weighted by Gasteiger charge is -2.16. The van der Waals surface area contributed by atoms with E-state index in [2.05, 4.69) is 0 Å². The average molecular weight is 201 g/mol. The molecule has 14 heavy (non-hydrogen) atoms. The first-order valence-corrected chi connectivity index (χ1v) is 4.95. The first kappa shape index (κ1) is 12.9. The first-order valence-electron chi connectivity index (χ1n) is 4.95. The fraction of sp³-hybridized carbons (Fsp3) is 0.800. The molecular formula is C10H19NO3. The molecule has 0 spiro atoms. The summed E-state index contributed by atoms with van der Waals surface area (Å²) in [4.78, 5) is 23.4. The van der Waals surface area contributed by atoms with Gasteiger partial charge in [-0.2, -0.15) is 0 Å². The van der Waals surface area contributed by atoms with Gasteiger partial charge in [-0.15, -0.1) is 0 Å². The summed E-state index contributed by atoms with van der Waals surface area (Å²) in [6, 6.07) is 0. The van der Waals surface area contributed by atoms with Crippen LogP contribution in [0.25, 0.3) is 0 Å². The largest absolute Gasteiger partial charge is 0.466 e. The Morgan fingerprint density at radius 3 is 2.50 bits per heavy atom. The van der Waals surface area contributed by atoms with Crippen molar-refractivity contribution in [1.29, 1.82) is 0 Å². The summed E-state index contributed by atoms with van der Waals surface area (Å²) in [5, 5.41) is 0. The number of carbonyl (C=O) groups excluding carboxylic acids is 2. The summed E-state index contributed by atoms with van der Waals surface area (Å²) in [5.41, 5.74) is 0. The van der Waals surface area contributed by atoms with Crippen LogP contribution in [0, 0.1) is 0 Å². The Kier molecular flexibility index (Phi) is 6.80. The summed E-state index contributed by atoms with van der Waals surface area (Å²) in [6.45, 7) is 4.39. The van der Waals surface area contributed by atoms with Crippen LogP contribution in [0.2, 0.25) is 0 Å². The Balaban J connectivity index is 3.48. The normalized spacial score (nSPS) is 9.64. The van der Waals surface area contributed by atoms with Crippen LogP contribution in [0.3, 0.4) is 0 Å². The van der Waals surface area contributed by atoms with E-state index in [0.717, 1.165) is 6.42 Å². The molecule has 0 fully saturated rings. The summed E-state index contributed by atoms with van der Waals surface area (Å²) in [6.07, 6.45) is 2.16. The van der Waals surface area contributed by atoms with Crippen molar-refractivity contribution in [2.24, 2.45) is 0 Å². The van der Waals surface area contributed by atoms with Crippen LogP contribution >= 0.6 is 0 Å². The van der Waals surface area contributed by atoms with Gasteiger partial charge in [0.2, 0.25) is 5.91 Å². The van der Waals surface area contributed by atoms with Gasteiger partial charge in [-0.25, -0.2) is 0 Å². The minimum atomic E-state index is -0.271. The Morgan fingerprint density at radius 1 is 1.36 bits per heavy atom. The van der Waals surface area contributed by atoms with Gasteiger partial charge in [-0.3, -0.25) is 9.59 Å². The molecule has 0 saturated carbocycles. The Morgan fingerprint density at radius 2 is 2.00 bits per heavy atom. The lowest BCUT2D eigenvalue weighted by atomic mass is 10.3. The minimum absolute atomic E-state index is 0.148. The predicted octanol–water partition coefficient (Wildman–Crippen LogP) is 1.20. The Bertz CT molecular complexity index is 192. The summed E-state index contributed by atoms with van der Waals surface area (Å²) in [5.74, 6) is -0.122. The van der Waals surface area contributed by atoms with Crippen molar-refractivity contribution >= 4 is 11.9 Å². The molecule has 1 amide bonds. The van der Waals surface area contributed by atoms with E-state index in [4.69, 9.17) is 4.74 Å². The molecule has 4 heteroatoms. The molecule has 0 aliphatic heterocycles. The van der Waals surface area contributed by atoms with E-state index in [-0.39, 0.29) is 11.9 Å². The third-order valence-corrected chi connectivity index (χ3v) is 1.83. The zero-order valence-corrected chi connectivity index (χ0v) is 9.21. The number of nitrogens with zero attached hydrogens (tertiary/aromatic N) is 1. The Hall–Kier alpha value is -1.06. The van der Waals surface area contributed by atoms with Crippen molar-refractivity contribution in [3.63, 3.8) is 0 Å². The van der Waals surface area contributed by atoms with Gasteiger partial charge in [0.1, 0.15) is 0 Å². The highest BCUT2D eigenvalue weighted by Gasteiger charge is 2.06. The standard InChI is InChI=1S/C10H19NO3/c1-4-6-10(13)11(3)7-5-8-14-9(2)12/h4-8H2,1-3H3. The number of carbonyl (C=O) groups is 2. The van der Waals surface area contributed by atoms with Gasteiger partial charge in [0.25, 0.3) is 0 Å². The van der Waals surface area contributed by atoms with Crippen LogP contribution in [-0.2, 0) is 14.3 Å². The lowest BCUT2D eigenvalue weighted by molar-refractivity contribution is -0.141. The molecule has 0 saturated heterocycles. The van der Waals surface area contributed by atoms with Crippen molar-refractivity contribution in [3.05, 3.63) is 0 Å². The lowest BCUT2D eigenvalue weighted by Crippen LogP contribution is -2.28. The van der Waals surface area contributed by atoms with Gasteiger partial charge in [0, 0.05) is 26.9 Å². The molecule has 0 aliphatic rings. The molecule has 0 radical (unpaired) electrons. The number of hydrogen-bond acceptors (Lipinski definition) is 3. The predicted molar refractivity (Wildman–Crippen MR) is 53.8 cm³/mol. The fourth-order valence-electron chi connectivity index (χ4n) is 1.05. The van der Waals surface area contributed by atoms with Gasteiger partial charge >= 0.3 is 5.97 Å². The van der Waals surface area contributed by atoms with E-state index in [1.807, 2.05) is 6.92 Å². The van der Waals surface area contributed by atoms with Gasteiger partial charge in [-0.05, 0) is 12.8 Å². The molecule has 0 aliphatic carbocycles. The number of ether oxygens (including phenoxy) is 1. The molecule has 0 rings (SSSR count). The van der Waals surface area contributed by atoms with E-state index in [1.165, 1.54) is 6.92 Å². The number of amides is 1. The molecular weight excluding hydrogens is 182 g/mol. The van der Waals surface area contributed by atoms with E-state index < -0.39 is 0 Å². The SMILES string of the molecule is CCCC(=O)N(C)CCCOC(C)=O. The van der Waals surface area contributed by atoms with Crippen LogP contribution in [0.15, 0.2) is 0 Å². The molecule has 0 N–H and O–H groups in total. The molecule has 0 aromatic heterocycles. The van der Waals surface area contributed by atoms with E-state index in [1.54, 1.807) is 11.9 Å². The highest BCUT2D eigenvalue weighted by Crippen LogP contribution is 1.96. The molecule has 4 nitrogen and oxygen atoms in total. The number of hydrogen-bond donors (Lipinski definition) is 0. The van der Waals surface area contributed by atoms with Crippen LogP contribution in [0.4, 0.5) is 0 Å². The van der Waals surface area contributed by atoms with Crippen LogP contribution < -0.4 is 0 Å². The molecule has 0 bridgehead atoms. The van der Waals surface area contributed by atoms with Crippen molar-refractivity contribution in [2.75, 3.05) is 20.2 Å². The van der Waals surface area contributed by atoms with Crippen molar-refractivity contribution in [3.8, 4) is 0 Å². The fourth-order valence-corrected chi connectivity index (χ4v) is 1.05. The molecule has 0 unspecified atom stereocenters. The third-order valence-electron chi connectivity index (χ3n) is 1.83. The zero-order chi connectivity index (χ0) is 11.0. The van der Waals surface area contributed by atoms with Gasteiger partial charge < -0.3 is 9.64 Å². The molecule has 82 valence electrons. The first-order chi connectivity index (χ1) is 6.57. The molecule has 0 heterocycles. The van der Waals surface area contributed by atoms with Crippen LogP contribution in [0.5, 0.6) is 0 Å². The second-order valence-electron chi connectivity index (χ2n) is 3.26. The van der Waals surface area contributed by atoms with Crippen LogP contribution in [0.1, 0.15) is 33.1 Å². The van der Waals surface area contributed by atoms with Crippen molar-refractivity contribution in [2.45, 2.75) is 33.1 Å². The zero-order valence-electron chi connectivity index (χ0n) is 9.21. The number of rotatable bonds is 6. The molecule has 0 aromatic rings. The van der Waals surface area contributed by atoms with E-state index in [0.29, 0.717) is 26.0 Å². The maximum atomic E-state index is 11.3. The topological polar surface area (TPSA) is 46.6 Å². The second kappa shape index (κ2) is 7.35. The monoisotopic (exact) mass is 201 g/mol. The van der Waals surface area contributed by atoms with Gasteiger partial charge in [0.05, 0.1) is 6.61 Å². The van der Waals surface area contributed by atoms with E-state index >= 15 is 0 Å². The van der Waals surface area contributed by atoms with Gasteiger partial charge in [0.15, 0.2) is 0 Å². The molecule has 0 atom stereocenters. The smallest absolute Gasteiger partial charge is 0.302 e. The van der Waals surface area contributed by atoms with Crippen molar-refractivity contribution < 1.29 is 14.3 Å². The van der Waals surface area contributed by atoms with E-state index in [9.17, 15) is 9.59 Å². The summed E-state index contributed by atoms with van der Waals surface area (Å²) in [7, 11) is 1.77. The maximum Gasteiger partial charge on any atom is 0.302 e. The minimum Gasteiger partial charge on any atom is -0.466 e. The molecule has 0 aromatic carbocycles. The van der Waals surface area contributed by atoms with Crippen LogP contribution in [-0.4, -0.2) is 37.0 Å².